The predicted octanol–water partition coefficient (Wildman–Crippen LogP) is 4.74. The van der Waals surface area contributed by atoms with Gasteiger partial charge in [-0.1, -0.05) is 42.0 Å². The van der Waals surface area contributed by atoms with Gasteiger partial charge in [-0.15, -0.1) is 16.4 Å². The third-order valence-electron chi connectivity index (χ3n) is 3.52. The maximum atomic E-state index is 5.93. The Morgan fingerprint density at radius 1 is 1.21 bits per heavy atom. The minimum atomic E-state index is 0.686. The molecule has 0 radical (unpaired) electrons. The van der Waals surface area contributed by atoms with Gasteiger partial charge in [-0.2, -0.15) is 0 Å². The van der Waals surface area contributed by atoms with Crippen LogP contribution < -0.4 is 5.32 Å². The molecule has 3 heterocycles. The van der Waals surface area contributed by atoms with Gasteiger partial charge in [0.25, 0.3) is 0 Å². The van der Waals surface area contributed by atoms with Gasteiger partial charge in [0.1, 0.15) is 5.01 Å². The molecule has 122 valence electrons. The maximum absolute atomic E-state index is 5.93. The lowest BCUT2D eigenvalue weighted by Crippen LogP contribution is -1.98. The van der Waals surface area contributed by atoms with Gasteiger partial charge in [0.2, 0.25) is 10.1 Å². The molecule has 4 aromatic rings. The molecule has 5 nitrogen and oxygen atoms in total. The van der Waals surface area contributed by atoms with E-state index in [0.29, 0.717) is 6.54 Å². The van der Waals surface area contributed by atoms with Crippen LogP contribution >= 0.6 is 34.3 Å². The first-order valence-electron chi connectivity index (χ1n) is 7.51. The first-order chi connectivity index (χ1) is 11.7. The third-order valence-corrected chi connectivity index (χ3v) is 5.80. The van der Waals surface area contributed by atoms with Crippen LogP contribution in [0.3, 0.4) is 0 Å². The van der Waals surface area contributed by atoms with Crippen molar-refractivity contribution in [3.05, 3.63) is 51.6 Å². The van der Waals surface area contributed by atoms with Gasteiger partial charge in [-0.05, 0) is 18.6 Å². The van der Waals surface area contributed by atoms with E-state index in [1.54, 1.807) is 15.9 Å². The fraction of sp³-hybridized carbons (Fsp3) is 0.188. The van der Waals surface area contributed by atoms with E-state index in [9.17, 15) is 0 Å². The molecule has 0 amide bonds. The van der Waals surface area contributed by atoms with Crippen molar-refractivity contribution in [3.63, 3.8) is 0 Å². The number of aromatic nitrogens is 4. The van der Waals surface area contributed by atoms with Crippen LogP contribution in [-0.2, 0) is 13.0 Å². The van der Waals surface area contributed by atoms with Gasteiger partial charge in [0, 0.05) is 21.7 Å². The number of nitrogens with zero attached hydrogens (tertiary/aromatic N) is 4. The molecule has 1 aromatic carbocycles. The Bertz CT molecular complexity index is 939. The second kappa shape index (κ2) is 6.51. The number of imidazole rings is 1. The fourth-order valence-corrected chi connectivity index (χ4v) is 3.98. The average Bonchev–Trinajstić information content (AvgIpc) is 3.27. The molecule has 0 atom stereocenters. The molecule has 0 bridgehead atoms. The summed E-state index contributed by atoms with van der Waals surface area (Å²) in [5.74, 6) is 0. The molecule has 1 N–H and O–H groups in total. The average molecular weight is 376 g/mol. The number of benzene rings is 1. The summed E-state index contributed by atoms with van der Waals surface area (Å²) in [6.07, 6.45) is 4.89. The zero-order valence-corrected chi connectivity index (χ0v) is 15.3. The minimum Gasteiger partial charge on any atom is -0.354 e. The highest BCUT2D eigenvalue weighted by molar-refractivity contribution is 7.20. The first-order valence-corrected chi connectivity index (χ1v) is 9.52. The Hall–Kier alpha value is -1.96. The summed E-state index contributed by atoms with van der Waals surface area (Å²) in [5, 5.41) is 10.5. The second-order valence-electron chi connectivity index (χ2n) is 5.19. The number of rotatable bonds is 5. The largest absolute Gasteiger partial charge is 0.354 e. The highest BCUT2D eigenvalue weighted by atomic mass is 35.5. The molecule has 0 aliphatic carbocycles. The molecule has 24 heavy (non-hydrogen) atoms. The number of thiazole rings is 1. The van der Waals surface area contributed by atoms with E-state index >= 15 is 0 Å². The fourth-order valence-electron chi connectivity index (χ4n) is 2.28. The summed E-state index contributed by atoms with van der Waals surface area (Å²) in [4.78, 5) is 11.2. The van der Waals surface area contributed by atoms with E-state index in [1.165, 1.54) is 16.2 Å². The molecular formula is C16H14ClN5S2. The molecule has 0 unspecified atom stereocenters. The van der Waals surface area contributed by atoms with Crippen molar-refractivity contribution in [2.75, 3.05) is 5.32 Å². The lowest BCUT2D eigenvalue weighted by atomic mass is 10.2. The zero-order chi connectivity index (χ0) is 16.5. The molecule has 0 fully saturated rings. The van der Waals surface area contributed by atoms with Gasteiger partial charge in [0.05, 0.1) is 18.4 Å². The third kappa shape index (κ3) is 3.15. The first kappa shape index (κ1) is 15.6. The van der Waals surface area contributed by atoms with E-state index in [1.807, 2.05) is 36.7 Å². The van der Waals surface area contributed by atoms with Crippen molar-refractivity contribution in [2.45, 2.75) is 19.9 Å². The quantitative estimate of drug-likeness (QED) is 0.547. The number of halogens is 1. The smallest absolute Gasteiger partial charge is 0.214 e. The minimum absolute atomic E-state index is 0.686. The Kier molecular flexibility index (Phi) is 4.22. The van der Waals surface area contributed by atoms with Crippen LogP contribution in [0.1, 0.15) is 16.8 Å². The highest BCUT2D eigenvalue weighted by Crippen LogP contribution is 2.26. The number of anilines is 1. The van der Waals surface area contributed by atoms with E-state index in [0.717, 1.165) is 37.8 Å². The molecule has 4 rings (SSSR count). The summed E-state index contributed by atoms with van der Waals surface area (Å²) < 4.78 is 1.80. The number of hydrogen-bond donors (Lipinski definition) is 1. The number of nitrogens with one attached hydrogen (secondary N) is 1. The van der Waals surface area contributed by atoms with Crippen LogP contribution in [0, 0.1) is 0 Å². The van der Waals surface area contributed by atoms with Gasteiger partial charge in [-0.3, -0.25) is 0 Å². The zero-order valence-electron chi connectivity index (χ0n) is 12.9. The van der Waals surface area contributed by atoms with Crippen molar-refractivity contribution in [3.8, 4) is 11.3 Å². The van der Waals surface area contributed by atoms with Crippen molar-refractivity contribution in [2.24, 2.45) is 0 Å². The Labute approximate surface area is 152 Å². The monoisotopic (exact) mass is 375 g/mol. The van der Waals surface area contributed by atoms with Crippen molar-refractivity contribution < 1.29 is 0 Å². The molecule has 8 heteroatoms. The predicted molar refractivity (Wildman–Crippen MR) is 100 cm³/mol. The summed E-state index contributed by atoms with van der Waals surface area (Å²) >= 11 is 9.19. The molecule has 3 aromatic heterocycles. The van der Waals surface area contributed by atoms with Gasteiger partial charge in [0.15, 0.2) is 0 Å². The van der Waals surface area contributed by atoms with Gasteiger partial charge >= 0.3 is 0 Å². The molecule has 0 aliphatic rings. The highest BCUT2D eigenvalue weighted by Gasteiger charge is 2.10. The van der Waals surface area contributed by atoms with E-state index in [4.69, 9.17) is 11.6 Å². The van der Waals surface area contributed by atoms with Crippen LogP contribution in [0.4, 0.5) is 5.13 Å². The molecule has 0 saturated carbocycles. The van der Waals surface area contributed by atoms with Crippen molar-refractivity contribution >= 4 is 44.4 Å². The molecular weight excluding hydrogens is 362 g/mol. The lowest BCUT2D eigenvalue weighted by molar-refractivity contribution is 0.959. The van der Waals surface area contributed by atoms with Crippen LogP contribution in [0.15, 0.2) is 36.7 Å². The van der Waals surface area contributed by atoms with E-state index in [-0.39, 0.29) is 0 Å². The van der Waals surface area contributed by atoms with Crippen LogP contribution in [-0.4, -0.2) is 19.6 Å². The van der Waals surface area contributed by atoms with Crippen LogP contribution in [0.2, 0.25) is 5.02 Å². The summed E-state index contributed by atoms with van der Waals surface area (Å²) in [5.41, 5.74) is 1.92. The molecule has 0 saturated heterocycles. The summed E-state index contributed by atoms with van der Waals surface area (Å²) in [7, 11) is 0. The number of fused-ring (bicyclic) bond motifs is 1. The standard InChI is InChI=1S/C16H14ClN5S2/c1-2-12-7-18-14(23-12)8-19-15-21-22-9-13(20-16(22)24-15)10-3-5-11(17)6-4-10/h3-7,9H,2,8H2,1H3,(H,19,21). The van der Waals surface area contributed by atoms with Crippen LogP contribution in [0.25, 0.3) is 16.2 Å². The molecule has 0 spiro atoms. The maximum Gasteiger partial charge on any atom is 0.214 e. The lowest BCUT2D eigenvalue weighted by Gasteiger charge is -1.97. The SMILES string of the molecule is CCc1cnc(CNc2nn3cc(-c4ccc(Cl)cc4)nc3s2)s1. The van der Waals surface area contributed by atoms with Crippen LogP contribution in [0.5, 0.6) is 0 Å². The Morgan fingerprint density at radius 3 is 2.75 bits per heavy atom. The molecule has 0 aliphatic heterocycles. The van der Waals surface area contributed by atoms with Crippen molar-refractivity contribution in [1.82, 2.24) is 19.6 Å². The Balaban J connectivity index is 1.50. The number of aryl methyl sites for hydroxylation is 1. The number of hydrogen-bond acceptors (Lipinski definition) is 6. The summed E-state index contributed by atoms with van der Waals surface area (Å²) in [6.45, 7) is 2.82. The van der Waals surface area contributed by atoms with E-state index < -0.39 is 0 Å². The second-order valence-corrected chi connectivity index (χ2v) is 7.79. The van der Waals surface area contributed by atoms with Crippen molar-refractivity contribution in [1.29, 1.82) is 0 Å². The normalized spacial score (nSPS) is 11.2. The summed E-state index contributed by atoms with van der Waals surface area (Å²) in [6, 6.07) is 7.65. The van der Waals surface area contributed by atoms with Gasteiger partial charge in [-0.25, -0.2) is 14.5 Å². The van der Waals surface area contributed by atoms with E-state index in [2.05, 4.69) is 27.3 Å². The van der Waals surface area contributed by atoms with Gasteiger partial charge < -0.3 is 5.32 Å². The topological polar surface area (TPSA) is 55.1 Å². The Morgan fingerprint density at radius 2 is 2.04 bits per heavy atom.